The highest BCUT2D eigenvalue weighted by Crippen LogP contribution is 2.32. The highest BCUT2D eigenvalue weighted by atomic mass is 35.5. The molecule has 0 radical (unpaired) electrons. The first-order valence-corrected chi connectivity index (χ1v) is 9.78. The molecule has 1 amide bonds. The van der Waals surface area contributed by atoms with Gasteiger partial charge in [-0.3, -0.25) is 9.69 Å². The van der Waals surface area contributed by atoms with Crippen molar-refractivity contribution in [2.75, 3.05) is 39.2 Å². The lowest BCUT2D eigenvalue weighted by Gasteiger charge is -2.21. The van der Waals surface area contributed by atoms with Crippen LogP contribution in [0.1, 0.15) is 22.3 Å². The number of hydrogen-bond acceptors (Lipinski definition) is 5. The van der Waals surface area contributed by atoms with E-state index in [2.05, 4.69) is 4.90 Å². The Bertz CT molecular complexity index is 942. The van der Waals surface area contributed by atoms with Crippen LogP contribution in [0, 0.1) is 6.92 Å². The fraction of sp³-hybridized carbons (Fsp3) is 0.333. The van der Waals surface area contributed by atoms with E-state index in [-0.39, 0.29) is 18.3 Å². The summed E-state index contributed by atoms with van der Waals surface area (Å²) in [6.07, 6.45) is 0.879. The van der Waals surface area contributed by atoms with E-state index < -0.39 is 0 Å². The van der Waals surface area contributed by atoms with E-state index >= 15 is 0 Å². The molecule has 0 saturated carbocycles. The van der Waals surface area contributed by atoms with E-state index in [0.29, 0.717) is 6.54 Å². The first kappa shape index (κ1) is 22.1. The first-order chi connectivity index (χ1) is 13.0. The summed E-state index contributed by atoms with van der Waals surface area (Å²) in [6, 6.07) is 13.5. The Morgan fingerprint density at radius 2 is 1.89 bits per heavy atom. The Morgan fingerprint density at radius 1 is 1.14 bits per heavy atom. The van der Waals surface area contributed by atoms with Gasteiger partial charge in [-0.15, -0.1) is 12.4 Å². The van der Waals surface area contributed by atoms with E-state index in [1.54, 1.807) is 7.11 Å². The molecule has 150 valence electrons. The smallest absolute Gasteiger partial charge is 0.260 e. The quantitative estimate of drug-likeness (QED) is 0.560. The fourth-order valence-electron chi connectivity index (χ4n) is 2.92. The van der Waals surface area contributed by atoms with E-state index in [1.807, 2.05) is 68.4 Å². The van der Waals surface area contributed by atoms with Gasteiger partial charge < -0.3 is 9.64 Å². The minimum absolute atomic E-state index is 0. The number of anilines is 1. The van der Waals surface area contributed by atoms with Crippen molar-refractivity contribution in [2.24, 2.45) is 0 Å². The number of benzene rings is 2. The maximum atomic E-state index is 13.3. The molecule has 0 atom stereocenters. The van der Waals surface area contributed by atoms with Crippen molar-refractivity contribution in [3.8, 4) is 5.75 Å². The van der Waals surface area contributed by atoms with Crippen LogP contribution in [-0.2, 0) is 0 Å². The van der Waals surface area contributed by atoms with Crippen LogP contribution in [0.15, 0.2) is 42.5 Å². The molecule has 3 rings (SSSR count). The first-order valence-electron chi connectivity index (χ1n) is 8.96. The minimum Gasteiger partial charge on any atom is -0.497 e. The Morgan fingerprint density at radius 3 is 2.57 bits per heavy atom. The van der Waals surface area contributed by atoms with Crippen LogP contribution in [-0.4, -0.2) is 50.1 Å². The number of aromatic nitrogens is 1. The highest BCUT2D eigenvalue weighted by Gasteiger charge is 2.22. The van der Waals surface area contributed by atoms with Gasteiger partial charge in [-0.25, -0.2) is 4.98 Å². The molecule has 0 spiro atoms. The molecular weight excluding hydrogens is 394 g/mol. The van der Waals surface area contributed by atoms with Crippen LogP contribution in [0.4, 0.5) is 5.13 Å². The van der Waals surface area contributed by atoms with Gasteiger partial charge in [0.2, 0.25) is 0 Å². The lowest BCUT2D eigenvalue weighted by molar-refractivity contribution is 0.0985. The van der Waals surface area contributed by atoms with Gasteiger partial charge in [-0.2, -0.15) is 0 Å². The van der Waals surface area contributed by atoms with Crippen LogP contribution in [0.25, 0.3) is 10.2 Å². The third-order valence-corrected chi connectivity index (χ3v) is 5.48. The normalized spacial score (nSPS) is 10.8. The number of aryl methyl sites for hydroxylation is 1. The summed E-state index contributed by atoms with van der Waals surface area (Å²) >= 11 is 1.54. The monoisotopic (exact) mass is 419 g/mol. The molecule has 1 heterocycles. The molecule has 0 fully saturated rings. The molecule has 2 aromatic carbocycles. The average molecular weight is 420 g/mol. The molecule has 0 aliphatic carbocycles. The Balaban J connectivity index is 0.00000280. The molecule has 0 aliphatic rings. The molecule has 1 aromatic heterocycles. The van der Waals surface area contributed by atoms with Crippen molar-refractivity contribution in [2.45, 2.75) is 13.3 Å². The van der Waals surface area contributed by atoms with Crippen molar-refractivity contribution < 1.29 is 9.53 Å². The van der Waals surface area contributed by atoms with Crippen molar-refractivity contribution in [3.05, 3.63) is 53.6 Å². The number of hydrogen-bond donors (Lipinski definition) is 0. The summed E-state index contributed by atoms with van der Waals surface area (Å²) < 4.78 is 6.34. The molecule has 0 N–H and O–H groups in total. The second kappa shape index (κ2) is 9.87. The van der Waals surface area contributed by atoms with E-state index in [0.717, 1.165) is 45.2 Å². The third kappa shape index (κ3) is 5.01. The topological polar surface area (TPSA) is 45.7 Å². The van der Waals surface area contributed by atoms with Gasteiger partial charge >= 0.3 is 0 Å². The van der Waals surface area contributed by atoms with Gasteiger partial charge in [0.1, 0.15) is 5.75 Å². The predicted octanol–water partition coefficient (Wildman–Crippen LogP) is 4.63. The van der Waals surface area contributed by atoms with Crippen molar-refractivity contribution in [1.82, 2.24) is 9.88 Å². The summed E-state index contributed by atoms with van der Waals surface area (Å²) in [5, 5.41) is 0.727. The zero-order valence-corrected chi connectivity index (χ0v) is 18.3. The number of rotatable bonds is 7. The molecule has 5 nitrogen and oxygen atoms in total. The lowest BCUT2D eigenvalue weighted by atomic mass is 10.1. The maximum Gasteiger partial charge on any atom is 0.260 e. The molecule has 0 saturated heterocycles. The second-order valence-electron chi connectivity index (χ2n) is 6.76. The van der Waals surface area contributed by atoms with Gasteiger partial charge in [-0.1, -0.05) is 29.5 Å². The zero-order valence-electron chi connectivity index (χ0n) is 16.6. The maximum absolute atomic E-state index is 13.3. The molecule has 0 aliphatic heterocycles. The van der Waals surface area contributed by atoms with Gasteiger partial charge in [0.25, 0.3) is 5.91 Å². The van der Waals surface area contributed by atoms with Gasteiger partial charge in [-0.05, 0) is 57.7 Å². The number of amides is 1. The second-order valence-corrected chi connectivity index (χ2v) is 7.77. The molecule has 28 heavy (non-hydrogen) atoms. The summed E-state index contributed by atoms with van der Waals surface area (Å²) in [6.45, 7) is 3.51. The minimum atomic E-state index is -0.00197. The fourth-order valence-corrected chi connectivity index (χ4v) is 3.90. The SMILES string of the molecule is COc1ccc2sc(N(CCCN(C)C)C(=O)c3ccccc3C)nc2c1.Cl. The van der Waals surface area contributed by atoms with Crippen LogP contribution in [0.2, 0.25) is 0 Å². The van der Waals surface area contributed by atoms with Crippen molar-refractivity contribution >= 4 is 45.0 Å². The van der Waals surface area contributed by atoms with E-state index in [4.69, 9.17) is 9.72 Å². The average Bonchev–Trinajstić information content (AvgIpc) is 3.07. The molecular formula is C21H26ClN3O2S. The van der Waals surface area contributed by atoms with Crippen LogP contribution in [0.5, 0.6) is 5.75 Å². The number of thiazole rings is 1. The third-order valence-electron chi connectivity index (χ3n) is 4.42. The molecule has 0 bridgehead atoms. The van der Waals surface area contributed by atoms with Crippen LogP contribution < -0.4 is 9.64 Å². The Kier molecular flexibility index (Phi) is 7.80. The summed E-state index contributed by atoms with van der Waals surface area (Å²) in [7, 11) is 5.72. The lowest BCUT2D eigenvalue weighted by Crippen LogP contribution is -2.33. The Hall–Kier alpha value is -2.15. The number of carbonyl (C=O) groups is 1. The van der Waals surface area contributed by atoms with Crippen LogP contribution >= 0.6 is 23.7 Å². The van der Waals surface area contributed by atoms with Gasteiger partial charge in [0.15, 0.2) is 5.13 Å². The summed E-state index contributed by atoms with van der Waals surface area (Å²) in [5.41, 5.74) is 2.55. The Labute approximate surface area is 176 Å². The van der Waals surface area contributed by atoms with Crippen molar-refractivity contribution in [3.63, 3.8) is 0 Å². The predicted molar refractivity (Wildman–Crippen MR) is 119 cm³/mol. The largest absolute Gasteiger partial charge is 0.497 e. The molecule has 7 heteroatoms. The van der Waals surface area contributed by atoms with Gasteiger partial charge in [0.05, 0.1) is 17.3 Å². The number of carbonyl (C=O) groups excluding carboxylic acids is 1. The van der Waals surface area contributed by atoms with Crippen molar-refractivity contribution in [1.29, 1.82) is 0 Å². The van der Waals surface area contributed by atoms with E-state index in [9.17, 15) is 4.79 Å². The summed E-state index contributed by atoms with van der Waals surface area (Å²) in [4.78, 5) is 22.0. The highest BCUT2D eigenvalue weighted by molar-refractivity contribution is 7.22. The number of ether oxygens (including phenoxy) is 1. The standard InChI is InChI=1S/C21H25N3O2S.ClH/c1-15-8-5-6-9-17(15)20(25)24(13-7-12-23(2)3)21-22-18-14-16(26-4)10-11-19(18)27-21;/h5-6,8-11,14H,7,12-13H2,1-4H3;1H. The van der Waals surface area contributed by atoms with Crippen LogP contribution in [0.3, 0.4) is 0 Å². The zero-order chi connectivity index (χ0) is 19.4. The number of halogens is 1. The number of fused-ring (bicyclic) bond motifs is 1. The van der Waals surface area contributed by atoms with Gasteiger partial charge in [0, 0.05) is 18.2 Å². The summed E-state index contributed by atoms with van der Waals surface area (Å²) in [5.74, 6) is 0.765. The molecule has 0 unspecified atom stereocenters. The number of nitrogens with zero attached hydrogens (tertiary/aromatic N) is 3. The molecule has 3 aromatic rings. The number of methoxy groups -OCH3 is 1. The van der Waals surface area contributed by atoms with E-state index in [1.165, 1.54) is 11.3 Å².